The van der Waals surface area contributed by atoms with E-state index in [0.29, 0.717) is 5.69 Å². The van der Waals surface area contributed by atoms with Gasteiger partial charge in [0.15, 0.2) is 0 Å². The van der Waals surface area contributed by atoms with Crippen molar-refractivity contribution < 1.29 is 4.79 Å². The van der Waals surface area contributed by atoms with Gasteiger partial charge >= 0.3 is 0 Å². The van der Waals surface area contributed by atoms with Crippen molar-refractivity contribution in [1.82, 2.24) is 9.97 Å². The van der Waals surface area contributed by atoms with Crippen molar-refractivity contribution >= 4 is 11.6 Å². The highest BCUT2D eigenvalue weighted by Gasteiger charge is 2.04. The number of amides is 1. The standard InChI is InChI=1S/C13H13N3O/c1-10-5-6-12(9-15-10)16-13(17)8-11-4-2-3-7-14-11/h2-7,9H,8H2,1H3,(H,16,17). The van der Waals surface area contributed by atoms with Gasteiger partial charge in [0, 0.05) is 17.6 Å². The maximum absolute atomic E-state index is 11.7. The number of hydrogen-bond donors (Lipinski definition) is 1. The molecular formula is C13H13N3O. The topological polar surface area (TPSA) is 54.9 Å². The van der Waals surface area contributed by atoms with Crippen molar-refractivity contribution in [2.45, 2.75) is 13.3 Å². The summed E-state index contributed by atoms with van der Waals surface area (Å²) in [4.78, 5) is 19.9. The average molecular weight is 227 g/mol. The molecule has 0 saturated carbocycles. The Labute approximate surface area is 99.7 Å². The van der Waals surface area contributed by atoms with Crippen molar-refractivity contribution in [3.8, 4) is 0 Å². The smallest absolute Gasteiger partial charge is 0.230 e. The Morgan fingerprint density at radius 2 is 2.12 bits per heavy atom. The fourth-order valence-electron chi connectivity index (χ4n) is 1.41. The van der Waals surface area contributed by atoms with Crippen LogP contribution in [0.4, 0.5) is 5.69 Å². The highest BCUT2D eigenvalue weighted by atomic mass is 16.1. The number of aromatic nitrogens is 2. The Balaban J connectivity index is 1.96. The molecule has 17 heavy (non-hydrogen) atoms. The van der Waals surface area contributed by atoms with Gasteiger partial charge in [0.05, 0.1) is 18.3 Å². The molecule has 4 nitrogen and oxygen atoms in total. The van der Waals surface area contributed by atoms with E-state index in [2.05, 4.69) is 15.3 Å². The van der Waals surface area contributed by atoms with Crippen molar-refractivity contribution in [2.75, 3.05) is 5.32 Å². The zero-order valence-corrected chi connectivity index (χ0v) is 9.55. The number of rotatable bonds is 3. The summed E-state index contributed by atoms with van der Waals surface area (Å²) in [5, 5.41) is 2.78. The summed E-state index contributed by atoms with van der Waals surface area (Å²) in [6, 6.07) is 9.20. The molecule has 0 aliphatic rings. The van der Waals surface area contributed by atoms with Gasteiger partial charge in [-0.25, -0.2) is 0 Å². The lowest BCUT2D eigenvalue weighted by Gasteiger charge is -2.04. The maximum atomic E-state index is 11.7. The van der Waals surface area contributed by atoms with Gasteiger partial charge in [-0.3, -0.25) is 14.8 Å². The third kappa shape index (κ3) is 3.38. The molecule has 0 atom stereocenters. The van der Waals surface area contributed by atoms with Gasteiger partial charge < -0.3 is 5.32 Å². The number of nitrogens with one attached hydrogen (secondary N) is 1. The third-order valence-corrected chi connectivity index (χ3v) is 2.26. The normalized spacial score (nSPS) is 9.94. The van der Waals surface area contributed by atoms with Crippen LogP contribution in [0, 0.1) is 6.92 Å². The van der Waals surface area contributed by atoms with Crippen LogP contribution in [0.25, 0.3) is 0 Å². The number of anilines is 1. The van der Waals surface area contributed by atoms with Gasteiger partial charge in [0.1, 0.15) is 0 Å². The second kappa shape index (κ2) is 5.21. The average Bonchev–Trinajstić information content (AvgIpc) is 2.33. The zero-order valence-electron chi connectivity index (χ0n) is 9.55. The van der Waals surface area contributed by atoms with Crippen LogP contribution in [0.1, 0.15) is 11.4 Å². The Morgan fingerprint density at radius 3 is 2.76 bits per heavy atom. The zero-order chi connectivity index (χ0) is 12.1. The summed E-state index contributed by atoms with van der Waals surface area (Å²) in [7, 11) is 0. The fourth-order valence-corrected chi connectivity index (χ4v) is 1.41. The van der Waals surface area contributed by atoms with Gasteiger partial charge in [-0.15, -0.1) is 0 Å². The summed E-state index contributed by atoms with van der Waals surface area (Å²) < 4.78 is 0. The minimum atomic E-state index is -0.0886. The van der Waals surface area contributed by atoms with Crippen LogP contribution in [-0.2, 0) is 11.2 Å². The first kappa shape index (κ1) is 11.3. The number of carbonyl (C=O) groups excluding carboxylic acids is 1. The van der Waals surface area contributed by atoms with Crippen LogP contribution in [0.2, 0.25) is 0 Å². The summed E-state index contributed by atoms with van der Waals surface area (Å²) in [6.07, 6.45) is 3.59. The van der Waals surface area contributed by atoms with Crippen molar-refractivity contribution in [2.24, 2.45) is 0 Å². The molecule has 0 aliphatic heterocycles. The molecule has 0 fully saturated rings. The first-order valence-electron chi connectivity index (χ1n) is 5.36. The van der Waals surface area contributed by atoms with Gasteiger partial charge in [0.25, 0.3) is 0 Å². The van der Waals surface area contributed by atoms with E-state index in [1.807, 2.05) is 37.3 Å². The molecule has 86 valence electrons. The Morgan fingerprint density at radius 1 is 1.24 bits per heavy atom. The van der Waals surface area contributed by atoms with Gasteiger partial charge in [0.2, 0.25) is 5.91 Å². The first-order valence-corrected chi connectivity index (χ1v) is 5.36. The number of aryl methyl sites for hydroxylation is 1. The molecule has 0 bridgehead atoms. The minimum absolute atomic E-state index is 0.0886. The molecule has 1 N–H and O–H groups in total. The third-order valence-electron chi connectivity index (χ3n) is 2.26. The van der Waals surface area contributed by atoms with Crippen molar-refractivity contribution in [1.29, 1.82) is 0 Å². The molecule has 2 heterocycles. The number of carbonyl (C=O) groups is 1. The van der Waals surface area contributed by atoms with Gasteiger partial charge in [-0.1, -0.05) is 6.07 Å². The Bertz CT molecular complexity index is 494. The van der Waals surface area contributed by atoms with Crippen LogP contribution in [0.3, 0.4) is 0 Å². The molecule has 0 spiro atoms. The second-order valence-electron chi connectivity index (χ2n) is 3.73. The fraction of sp³-hybridized carbons (Fsp3) is 0.154. The molecule has 0 radical (unpaired) electrons. The summed E-state index contributed by atoms with van der Waals surface area (Å²) in [5.41, 5.74) is 2.38. The van der Waals surface area contributed by atoms with Gasteiger partial charge in [-0.05, 0) is 31.2 Å². The molecule has 0 aliphatic carbocycles. The molecule has 4 heteroatoms. The predicted molar refractivity (Wildman–Crippen MR) is 65.5 cm³/mol. The van der Waals surface area contributed by atoms with Crippen molar-refractivity contribution in [3.63, 3.8) is 0 Å². The van der Waals surface area contributed by atoms with E-state index in [1.165, 1.54) is 0 Å². The first-order chi connectivity index (χ1) is 8.24. The summed E-state index contributed by atoms with van der Waals surface area (Å²) in [6.45, 7) is 1.90. The summed E-state index contributed by atoms with van der Waals surface area (Å²) in [5.74, 6) is -0.0886. The molecule has 0 unspecified atom stereocenters. The number of pyridine rings is 2. The molecule has 2 rings (SSSR count). The van der Waals surface area contributed by atoms with Crippen LogP contribution < -0.4 is 5.32 Å². The van der Waals surface area contributed by atoms with E-state index >= 15 is 0 Å². The van der Waals surface area contributed by atoms with Crippen molar-refractivity contribution in [3.05, 3.63) is 54.1 Å². The monoisotopic (exact) mass is 227 g/mol. The molecule has 0 saturated heterocycles. The molecule has 0 aromatic carbocycles. The van der Waals surface area contributed by atoms with E-state index in [1.54, 1.807) is 12.4 Å². The van der Waals surface area contributed by atoms with Crippen LogP contribution in [0.15, 0.2) is 42.7 Å². The minimum Gasteiger partial charge on any atom is -0.324 e. The molecule has 2 aromatic rings. The molecule has 1 amide bonds. The lowest BCUT2D eigenvalue weighted by molar-refractivity contribution is -0.115. The second-order valence-corrected chi connectivity index (χ2v) is 3.73. The molecular weight excluding hydrogens is 214 g/mol. The van der Waals surface area contributed by atoms with E-state index < -0.39 is 0 Å². The Kier molecular flexibility index (Phi) is 3.45. The predicted octanol–water partition coefficient (Wildman–Crippen LogP) is 1.97. The van der Waals surface area contributed by atoms with E-state index in [0.717, 1.165) is 11.4 Å². The highest BCUT2D eigenvalue weighted by molar-refractivity contribution is 5.91. The number of nitrogens with zero attached hydrogens (tertiary/aromatic N) is 2. The largest absolute Gasteiger partial charge is 0.324 e. The lowest BCUT2D eigenvalue weighted by Crippen LogP contribution is -2.15. The van der Waals surface area contributed by atoms with E-state index in [4.69, 9.17) is 0 Å². The van der Waals surface area contributed by atoms with E-state index in [-0.39, 0.29) is 12.3 Å². The molecule has 2 aromatic heterocycles. The summed E-state index contributed by atoms with van der Waals surface area (Å²) >= 11 is 0. The van der Waals surface area contributed by atoms with Crippen LogP contribution >= 0.6 is 0 Å². The van der Waals surface area contributed by atoms with Gasteiger partial charge in [-0.2, -0.15) is 0 Å². The maximum Gasteiger partial charge on any atom is 0.230 e. The highest BCUT2D eigenvalue weighted by Crippen LogP contribution is 2.06. The SMILES string of the molecule is Cc1ccc(NC(=O)Cc2ccccn2)cn1. The van der Waals surface area contributed by atoms with E-state index in [9.17, 15) is 4.79 Å². The number of hydrogen-bond acceptors (Lipinski definition) is 3. The lowest BCUT2D eigenvalue weighted by atomic mass is 10.2. The van der Waals surface area contributed by atoms with Crippen LogP contribution in [0.5, 0.6) is 0 Å². The quantitative estimate of drug-likeness (QED) is 0.872. The Hall–Kier alpha value is -2.23. The van der Waals surface area contributed by atoms with Crippen LogP contribution in [-0.4, -0.2) is 15.9 Å².